The molecule has 0 aromatic heterocycles. The molecule has 0 aliphatic carbocycles. The molecule has 0 saturated heterocycles. The van der Waals surface area contributed by atoms with Gasteiger partial charge in [0.1, 0.15) is 0 Å². The Morgan fingerprint density at radius 2 is 1.71 bits per heavy atom. The van der Waals surface area contributed by atoms with Gasteiger partial charge in [0.25, 0.3) is 0 Å². The van der Waals surface area contributed by atoms with E-state index in [1.54, 1.807) is 24.3 Å². The van der Waals surface area contributed by atoms with E-state index >= 15 is 0 Å². The number of halogens is 3. The number of aliphatic carboxylic acids is 1. The van der Waals surface area contributed by atoms with Crippen LogP contribution < -0.4 is 5.32 Å². The highest BCUT2D eigenvalue weighted by Crippen LogP contribution is 2.27. The third-order valence-corrected chi connectivity index (χ3v) is 2.98. The number of carbonyl (C=O) groups excluding carboxylic acids is 1. The second kappa shape index (κ2) is 7.10. The fourth-order valence-corrected chi connectivity index (χ4v) is 1.88. The van der Waals surface area contributed by atoms with E-state index in [2.05, 4.69) is 5.32 Å². The van der Waals surface area contributed by atoms with Crippen LogP contribution in [-0.4, -0.2) is 30.2 Å². The number of carboxylic acid groups (broad SMARTS) is 1. The lowest BCUT2D eigenvalue weighted by Crippen LogP contribution is -2.24. The Labute approximate surface area is 120 Å². The van der Waals surface area contributed by atoms with E-state index < -0.39 is 24.5 Å². The molecule has 0 aliphatic heterocycles. The maximum atomic E-state index is 12.3. The normalized spacial score (nSPS) is 12.8. The molecule has 116 valence electrons. The van der Waals surface area contributed by atoms with Gasteiger partial charge in [-0.2, -0.15) is 13.2 Å². The first kappa shape index (κ1) is 17.0. The van der Waals surface area contributed by atoms with Gasteiger partial charge in [0.15, 0.2) is 0 Å². The van der Waals surface area contributed by atoms with E-state index in [1.165, 1.54) is 7.05 Å². The summed E-state index contributed by atoms with van der Waals surface area (Å²) in [6, 6.07) is 6.31. The number of likely N-dealkylation sites (N-methyl/N-ethyl adjacent to an activating group) is 1. The monoisotopic (exact) mass is 303 g/mol. The average Bonchev–Trinajstić information content (AvgIpc) is 2.38. The van der Waals surface area contributed by atoms with Gasteiger partial charge in [-0.25, -0.2) is 0 Å². The highest BCUT2D eigenvalue weighted by Gasteiger charge is 2.35. The first-order valence-electron chi connectivity index (χ1n) is 6.29. The summed E-state index contributed by atoms with van der Waals surface area (Å²) in [7, 11) is 1.51. The summed E-state index contributed by atoms with van der Waals surface area (Å²) in [4.78, 5) is 22.1. The third-order valence-electron chi connectivity index (χ3n) is 2.98. The molecule has 7 heteroatoms. The van der Waals surface area contributed by atoms with E-state index in [9.17, 15) is 22.8 Å². The molecule has 4 nitrogen and oxygen atoms in total. The van der Waals surface area contributed by atoms with Crippen molar-refractivity contribution >= 4 is 11.9 Å². The van der Waals surface area contributed by atoms with Crippen LogP contribution in [0.2, 0.25) is 0 Å². The zero-order chi connectivity index (χ0) is 16.0. The standard InChI is InChI=1S/C14H16F3NO3/c1-18-12(19)7-10-4-2-9(3-5-10)6-11(13(20)21)8-14(15,16)17/h2-5,11H,6-8H2,1H3,(H,18,19)(H,20,21). The van der Waals surface area contributed by atoms with Crippen molar-refractivity contribution < 1.29 is 27.9 Å². The molecule has 1 aromatic rings. The minimum Gasteiger partial charge on any atom is -0.481 e. The molecule has 1 unspecified atom stereocenters. The summed E-state index contributed by atoms with van der Waals surface area (Å²) < 4.78 is 36.9. The minimum absolute atomic E-state index is 0.168. The number of rotatable bonds is 6. The van der Waals surface area contributed by atoms with Gasteiger partial charge in [-0.05, 0) is 17.5 Å². The number of carbonyl (C=O) groups is 2. The predicted molar refractivity (Wildman–Crippen MR) is 69.7 cm³/mol. The van der Waals surface area contributed by atoms with Crippen molar-refractivity contribution in [1.29, 1.82) is 0 Å². The molecule has 0 saturated carbocycles. The van der Waals surface area contributed by atoms with E-state index in [1.807, 2.05) is 0 Å². The van der Waals surface area contributed by atoms with Gasteiger partial charge in [0, 0.05) is 7.05 Å². The van der Waals surface area contributed by atoms with Crippen LogP contribution in [0.4, 0.5) is 13.2 Å². The second-order valence-corrected chi connectivity index (χ2v) is 4.73. The predicted octanol–water partition coefficient (Wildman–Crippen LogP) is 2.17. The summed E-state index contributed by atoms with van der Waals surface area (Å²) >= 11 is 0. The van der Waals surface area contributed by atoms with Gasteiger partial charge in [0.05, 0.1) is 18.8 Å². The largest absolute Gasteiger partial charge is 0.481 e. The van der Waals surface area contributed by atoms with E-state index in [0.717, 1.165) is 0 Å². The lowest BCUT2D eigenvalue weighted by atomic mass is 9.95. The lowest BCUT2D eigenvalue weighted by Gasteiger charge is -2.14. The van der Waals surface area contributed by atoms with Gasteiger partial charge in [-0.15, -0.1) is 0 Å². The highest BCUT2D eigenvalue weighted by atomic mass is 19.4. The SMILES string of the molecule is CNC(=O)Cc1ccc(CC(CC(F)(F)F)C(=O)O)cc1. The van der Waals surface area contributed by atoms with Crippen LogP contribution in [0.5, 0.6) is 0 Å². The Hall–Kier alpha value is -2.05. The van der Waals surface area contributed by atoms with Crippen LogP contribution in [0.1, 0.15) is 17.5 Å². The smallest absolute Gasteiger partial charge is 0.389 e. The van der Waals surface area contributed by atoms with Crippen molar-refractivity contribution in [2.24, 2.45) is 5.92 Å². The molecule has 0 aliphatic rings. The minimum atomic E-state index is -4.51. The van der Waals surface area contributed by atoms with Crippen molar-refractivity contribution in [2.45, 2.75) is 25.4 Å². The van der Waals surface area contributed by atoms with Crippen LogP contribution in [0.3, 0.4) is 0 Å². The van der Waals surface area contributed by atoms with Gasteiger partial charge in [0.2, 0.25) is 5.91 Å². The number of nitrogens with one attached hydrogen (secondary N) is 1. The summed E-state index contributed by atoms with van der Waals surface area (Å²) in [5.74, 6) is -3.15. The second-order valence-electron chi connectivity index (χ2n) is 4.73. The maximum Gasteiger partial charge on any atom is 0.389 e. The van der Waals surface area contributed by atoms with Crippen molar-refractivity contribution in [3.05, 3.63) is 35.4 Å². The fourth-order valence-electron chi connectivity index (χ4n) is 1.88. The highest BCUT2D eigenvalue weighted by molar-refractivity contribution is 5.78. The van der Waals surface area contributed by atoms with E-state index in [-0.39, 0.29) is 18.7 Å². The van der Waals surface area contributed by atoms with Crippen LogP contribution in [0, 0.1) is 5.92 Å². The Bertz CT molecular complexity index is 497. The molecule has 1 atom stereocenters. The summed E-state index contributed by atoms with van der Waals surface area (Å²) in [6.07, 6.45) is -5.90. The molecular weight excluding hydrogens is 287 g/mol. The van der Waals surface area contributed by atoms with Gasteiger partial charge < -0.3 is 10.4 Å². The van der Waals surface area contributed by atoms with Gasteiger partial charge in [-0.3, -0.25) is 9.59 Å². The van der Waals surface area contributed by atoms with Crippen molar-refractivity contribution in [1.82, 2.24) is 5.32 Å². The molecule has 1 amide bonds. The molecule has 1 aromatic carbocycles. The summed E-state index contributed by atoms with van der Waals surface area (Å²) in [5.41, 5.74) is 1.20. The van der Waals surface area contributed by atoms with Crippen LogP contribution in [-0.2, 0) is 22.4 Å². The Balaban J connectivity index is 2.72. The molecular formula is C14H16F3NO3. The Morgan fingerprint density at radius 3 is 2.14 bits per heavy atom. The summed E-state index contributed by atoms with van der Waals surface area (Å²) in [5, 5.41) is 11.3. The lowest BCUT2D eigenvalue weighted by molar-refractivity contribution is -0.163. The van der Waals surface area contributed by atoms with Crippen LogP contribution in [0.15, 0.2) is 24.3 Å². The summed E-state index contributed by atoms with van der Waals surface area (Å²) in [6.45, 7) is 0. The molecule has 2 N–H and O–H groups in total. The van der Waals surface area contributed by atoms with Crippen molar-refractivity contribution in [2.75, 3.05) is 7.05 Å². The van der Waals surface area contributed by atoms with Crippen LogP contribution >= 0.6 is 0 Å². The number of hydrogen-bond acceptors (Lipinski definition) is 2. The van der Waals surface area contributed by atoms with Gasteiger partial charge >= 0.3 is 12.1 Å². The molecule has 0 radical (unpaired) electrons. The first-order chi connectivity index (χ1) is 9.71. The van der Waals surface area contributed by atoms with Crippen molar-refractivity contribution in [3.8, 4) is 0 Å². The number of amides is 1. The maximum absolute atomic E-state index is 12.3. The van der Waals surface area contributed by atoms with E-state index in [4.69, 9.17) is 5.11 Å². The quantitative estimate of drug-likeness (QED) is 0.846. The molecule has 0 heterocycles. The molecule has 0 fully saturated rings. The molecule has 0 bridgehead atoms. The number of carboxylic acids is 1. The van der Waals surface area contributed by atoms with E-state index in [0.29, 0.717) is 11.1 Å². The number of hydrogen-bond donors (Lipinski definition) is 2. The Morgan fingerprint density at radius 1 is 1.19 bits per heavy atom. The number of alkyl halides is 3. The molecule has 0 spiro atoms. The first-order valence-corrected chi connectivity index (χ1v) is 6.29. The zero-order valence-electron chi connectivity index (χ0n) is 11.4. The number of benzene rings is 1. The third kappa shape index (κ3) is 6.29. The van der Waals surface area contributed by atoms with Crippen molar-refractivity contribution in [3.63, 3.8) is 0 Å². The fraction of sp³-hybridized carbons (Fsp3) is 0.429. The van der Waals surface area contributed by atoms with Gasteiger partial charge in [-0.1, -0.05) is 24.3 Å². The topological polar surface area (TPSA) is 66.4 Å². The molecule has 1 rings (SSSR count). The Kier molecular flexibility index (Phi) is 5.75. The average molecular weight is 303 g/mol. The zero-order valence-corrected chi connectivity index (χ0v) is 11.4. The van der Waals surface area contributed by atoms with Crippen LogP contribution in [0.25, 0.3) is 0 Å². The molecule has 21 heavy (non-hydrogen) atoms.